The molecule has 1 saturated heterocycles. The first-order valence-electron chi connectivity index (χ1n) is 8.76. The molecule has 1 aliphatic rings. The molecule has 2 aromatic carbocycles. The molecule has 0 bridgehead atoms. The summed E-state index contributed by atoms with van der Waals surface area (Å²) >= 11 is 0. The Hall–Kier alpha value is -2.59. The Balaban J connectivity index is 1.94. The zero-order valence-electron chi connectivity index (χ0n) is 14.6. The van der Waals surface area contributed by atoms with Crippen LogP contribution in [-0.2, 0) is 0 Å². The molecule has 0 saturated carbocycles. The second-order valence-corrected chi connectivity index (χ2v) is 6.65. The van der Waals surface area contributed by atoms with Gasteiger partial charge in [0, 0.05) is 36.8 Å². The summed E-state index contributed by atoms with van der Waals surface area (Å²) in [6.07, 6.45) is 0. The van der Waals surface area contributed by atoms with Crippen molar-refractivity contribution >= 4 is 16.7 Å². The van der Waals surface area contributed by atoms with Gasteiger partial charge in [-0.3, -0.25) is 4.79 Å². The zero-order chi connectivity index (χ0) is 17.4. The molecule has 3 aromatic rings. The predicted octanol–water partition coefficient (Wildman–Crippen LogP) is 3.57. The third kappa shape index (κ3) is 2.72. The molecule has 1 unspecified atom stereocenters. The lowest BCUT2D eigenvalue weighted by atomic mass is 10.0. The molecule has 2 heterocycles. The minimum absolute atomic E-state index is 0.0569. The lowest BCUT2D eigenvalue weighted by Gasteiger charge is -2.36. The topological polar surface area (TPSA) is 45.5 Å². The van der Waals surface area contributed by atoms with E-state index in [1.807, 2.05) is 55.5 Å². The summed E-state index contributed by atoms with van der Waals surface area (Å²) in [5, 5.41) is 4.08. The van der Waals surface area contributed by atoms with Gasteiger partial charge in [-0.25, -0.2) is 0 Å². The van der Waals surface area contributed by atoms with Gasteiger partial charge < -0.3 is 14.6 Å². The summed E-state index contributed by atoms with van der Waals surface area (Å²) in [7, 11) is 0. The highest BCUT2D eigenvalue weighted by molar-refractivity contribution is 5.92. The summed E-state index contributed by atoms with van der Waals surface area (Å²) in [6, 6.07) is 16.0. The number of piperazine rings is 1. The van der Waals surface area contributed by atoms with Crippen LogP contribution >= 0.6 is 0 Å². The van der Waals surface area contributed by atoms with Crippen LogP contribution in [0.1, 0.15) is 12.5 Å². The molecule has 0 spiro atoms. The fraction of sp³-hybridized carbons (Fsp3) is 0.286. The highest BCUT2D eigenvalue weighted by Gasteiger charge is 2.23. The van der Waals surface area contributed by atoms with Crippen molar-refractivity contribution in [1.82, 2.24) is 5.32 Å². The van der Waals surface area contributed by atoms with Gasteiger partial charge in [0.15, 0.2) is 5.43 Å². The van der Waals surface area contributed by atoms with Crippen molar-refractivity contribution in [1.29, 1.82) is 0 Å². The Bertz CT molecular complexity index is 963. The Morgan fingerprint density at radius 3 is 2.68 bits per heavy atom. The lowest BCUT2D eigenvalue weighted by Crippen LogP contribution is -2.50. The number of hydrogen-bond acceptors (Lipinski definition) is 4. The second kappa shape index (κ2) is 6.37. The third-order valence-corrected chi connectivity index (χ3v) is 4.97. The SMILES string of the molecule is Cc1c(-c2ccccc2)oc2cccc(N3CCNCC3C)c2c1=O. The minimum atomic E-state index is 0.0569. The van der Waals surface area contributed by atoms with Gasteiger partial charge >= 0.3 is 0 Å². The first-order valence-corrected chi connectivity index (χ1v) is 8.76. The Kier molecular flexibility index (Phi) is 4.06. The molecule has 25 heavy (non-hydrogen) atoms. The summed E-state index contributed by atoms with van der Waals surface area (Å²) < 4.78 is 6.18. The van der Waals surface area contributed by atoms with Gasteiger partial charge in [-0.1, -0.05) is 36.4 Å². The number of nitrogens with zero attached hydrogens (tertiary/aromatic N) is 1. The summed E-state index contributed by atoms with van der Waals surface area (Å²) in [6.45, 7) is 6.76. The van der Waals surface area contributed by atoms with E-state index >= 15 is 0 Å². The highest BCUT2D eigenvalue weighted by atomic mass is 16.3. The average molecular weight is 334 g/mol. The predicted molar refractivity (Wildman–Crippen MR) is 102 cm³/mol. The van der Waals surface area contributed by atoms with Crippen LogP contribution in [0.15, 0.2) is 57.7 Å². The third-order valence-electron chi connectivity index (χ3n) is 4.97. The number of nitrogens with one attached hydrogen (secondary N) is 1. The smallest absolute Gasteiger partial charge is 0.198 e. The maximum Gasteiger partial charge on any atom is 0.198 e. The standard InChI is InChI=1S/C21H22N2O2/c1-14-13-22-11-12-23(14)17-9-6-10-18-19(17)20(24)15(2)21(25-18)16-7-4-3-5-8-16/h3-10,14,22H,11-13H2,1-2H3. The molecule has 1 atom stereocenters. The van der Waals surface area contributed by atoms with Crippen LogP contribution in [-0.4, -0.2) is 25.7 Å². The fourth-order valence-electron chi connectivity index (χ4n) is 3.61. The Labute approximate surface area is 147 Å². The summed E-state index contributed by atoms with van der Waals surface area (Å²) in [5.74, 6) is 0.656. The van der Waals surface area contributed by atoms with Crippen molar-refractivity contribution in [2.45, 2.75) is 19.9 Å². The van der Waals surface area contributed by atoms with Crippen LogP contribution in [0.2, 0.25) is 0 Å². The molecule has 1 N–H and O–H groups in total. The number of fused-ring (bicyclic) bond motifs is 1. The number of benzene rings is 2. The molecule has 4 rings (SSSR count). The van der Waals surface area contributed by atoms with Gasteiger partial charge in [0.25, 0.3) is 0 Å². The number of rotatable bonds is 2. The van der Waals surface area contributed by atoms with E-state index in [9.17, 15) is 4.79 Å². The molecular formula is C21H22N2O2. The molecule has 4 nitrogen and oxygen atoms in total. The molecule has 0 aliphatic carbocycles. The van der Waals surface area contributed by atoms with E-state index in [0.29, 0.717) is 28.3 Å². The van der Waals surface area contributed by atoms with E-state index in [1.165, 1.54) is 0 Å². The van der Waals surface area contributed by atoms with Crippen molar-refractivity contribution < 1.29 is 4.42 Å². The summed E-state index contributed by atoms with van der Waals surface area (Å²) in [5.41, 5.74) is 3.27. The van der Waals surface area contributed by atoms with E-state index < -0.39 is 0 Å². The van der Waals surface area contributed by atoms with Crippen LogP contribution in [0, 0.1) is 6.92 Å². The summed E-state index contributed by atoms with van der Waals surface area (Å²) in [4.78, 5) is 15.5. The van der Waals surface area contributed by atoms with Crippen molar-refractivity contribution in [2.24, 2.45) is 0 Å². The fourth-order valence-corrected chi connectivity index (χ4v) is 3.61. The van der Waals surface area contributed by atoms with Gasteiger partial charge in [-0.15, -0.1) is 0 Å². The first-order chi connectivity index (χ1) is 12.2. The molecular weight excluding hydrogens is 312 g/mol. The molecule has 1 aliphatic heterocycles. The second-order valence-electron chi connectivity index (χ2n) is 6.65. The van der Waals surface area contributed by atoms with Crippen LogP contribution in [0.5, 0.6) is 0 Å². The van der Waals surface area contributed by atoms with Gasteiger partial charge in [-0.2, -0.15) is 0 Å². The molecule has 0 amide bonds. The largest absolute Gasteiger partial charge is 0.455 e. The first kappa shape index (κ1) is 15.9. The van der Waals surface area contributed by atoms with Crippen molar-refractivity contribution in [2.75, 3.05) is 24.5 Å². The van der Waals surface area contributed by atoms with Crippen LogP contribution in [0.3, 0.4) is 0 Å². The molecule has 1 aromatic heterocycles. The zero-order valence-corrected chi connectivity index (χ0v) is 14.6. The van der Waals surface area contributed by atoms with E-state index in [0.717, 1.165) is 30.9 Å². The average Bonchev–Trinajstić information content (AvgIpc) is 2.65. The van der Waals surface area contributed by atoms with Crippen LogP contribution < -0.4 is 15.6 Å². The normalized spacial score (nSPS) is 17.8. The number of anilines is 1. The van der Waals surface area contributed by atoms with Crippen molar-refractivity contribution in [3.8, 4) is 11.3 Å². The van der Waals surface area contributed by atoms with Gasteiger partial charge in [0.05, 0.1) is 11.1 Å². The molecule has 1 fully saturated rings. The van der Waals surface area contributed by atoms with Gasteiger partial charge in [0.2, 0.25) is 0 Å². The monoisotopic (exact) mass is 334 g/mol. The minimum Gasteiger partial charge on any atom is -0.455 e. The van der Waals surface area contributed by atoms with E-state index in [-0.39, 0.29) is 5.43 Å². The maximum atomic E-state index is 13.2. The molecule has 128 valence electrons. The van der Waals surface area contributed by atoms with E-state index in [1.54, 1.807) is 0 Å². The van der Waals surface area contributed by atoms with Crippen LogP contribution in [0.25, 0.3) is 22.3 Å². The highest BCUT2D eigenvalue weighted by Crippen LogP contribution is 2.31. The van der Waals surface area contributed by atoms with Gasteiger partial charge in [-0.05, 0) is 26.0 Å². The Morgan fingerprint density at radius 1 is 1.12 bits per heavy atom. The van der Waals surface area contributed by atoms with Crippen molar-refractivity contribution in [3.05, 3.63) is 64.3 Å². The van der Waals surface area contributed by atoms with Crippen LogP contribution in [0.4, 0.5) is 5.69 Å². The number of hydrogen-bond donors (Lipinski definition) is 1. The Morgan fingerprint density at radius 2 is 1.92 bits per heavy atom. The molecule has 4 heteroatoms. The maximum absolute atomic E-state index is 13.2. The van der Waals surface area contributed by atoms with E-state index in [4.69, 9.17) is 4.42 Å². The van der Waals surface area contributed by atoms with Gasteiger partial charge in [0.1, 0.15) is 11.3 Å². The van der Waals surface area contributed by atoms with Crippen molar-refractivity contribution in [3.63, 3.8) is 0 Å². The quantitative estimate of drug-likeness (QED) is 0.778. The lowest BCUT2D eigenvalue weighted by molar-refractivity contribution is 0.501. The molecule has 0 radical (unpaired) electrons. The van der Waals surface area contributed by atoms with E-state index in [2.05, 4.69) is 17.1 Å².